The van der Waals surface area contributed by atoms with Crippen LogP contribution in [0.5, 0.6) is 5.75 Å². The molecular weight excluding hydrogens is 392 g/mol. The summed E-state index contributed by atoms with van der Waals surface area (Å²) in [5.74, 6) is 1.98. The summed E-state index contributed by atoms with van der Waals surface area (Å²) in [5.41, 5.74) is 2.06. The molecule has 0 spiro atoms. The number of ether oxygens (including phenoxy) is 1. The van der Waals surface area contributed by atoms with Crippen molar-refractivity contribution in [2.45, 2.75) is 51.5 Å². The summed E-state index contributed by atoms with van der Waals surface area (Å²) < 4.78 is 13.0. The van der Waals surface area contributed by atoms with Gasteiger partial charge in [-0.2, -0.15) is 4.98 Å². The SMILES string of the molecule is CCOc1ccc(-c2noc(CCC(=O)N3CCCCC[C@@H]3c3cccn3C)n2)cc1. The fraction of sp³-hybridized carbons (Fsp3) is 0.458. The topological polar surface area (TPSA) is 73.4 Å². The van der Waals surface area contributed by atoms with E-state index in [4.69, 9.17) is 9.26 Å². The van der Waals surface area contributed by atoms with Crippen LogP contribution in [0.25, 0.3) is 11.4 Å². The number of nitrogens with zero attached hydrogens (tertiary/aromatic N) is 4. The van der Waals surface area contributed by atoms with Crippen LogP contribution in [0.1, 0.15) is 56.7 Å². The van der Waals surface area contributed by atoms with Gasteiger partial charge in [-0.05, 0) is 56.2 Å². The van der Waals surface area contributed by atoms with Crippen molar-refractivity contribution in [2.75, 3.05) is 13.2 Å². The van der Waals surface area contributed by atoms with Gasteiger partial charge in [0.25, 0.3) is 0 Å². The summed E-state index contributed by atoms with van der Waals surface area (Å²) in [5, 5.41) is 4.08. The average Bonchev–Trinajstić information content (AvgIpc) is 3.35. The van der Waals surface area contributed by atoms with Gasteiger partial charge in [0, 0.05) is 43.9 Å². The maximum absolute atomic E-state index is 13.1. The molecule has 7 nitrogen and oxygen atoms in total. The zero-order valence-electron chi connectivity index (χ0n) is 18.3. The van der Waals surface area contributed by atoms with Gasteiger partial charge in [-0.15, -0.1) is 0 Å². The Bertz CT molecular complexity index is 992. The van der Waals surface area contributed by atoms with Gasteiger partial charge in [-0.25, -0.2) is 0 Å². The van der Waals surface area contributed by atoms with E-state index in [1.165, 1.54) is 12.1 Å². The highest BCUT2D eigenvalue weighted by Gasteiger charge is 2.28. The predicted octanol–water partition coefficient (Wildman–Crippen LogP) is 4.55. The van der Waals surface area contributed by atoms with E-state index in [2.05, 4.69) is 20.8 Å². The monoisotopic (exact) mass is 422 g/mol. The van der Waals surface area contributed by atoms with Crippen molar-refractivity contribution in [3.05, 3.63) is 54.2 Å². The molecule has 1 amide bonds. The number of hydrogen-bond acceptors (Lipinski definition) is 5. The van der Waals surface area contributed by atoms with E-state index in [-0.39, 0.29) is 11.9 Å². The lowest BCUT2D eigenvalue weighted by Crippen LogP contribution is -2.35. The Morgan fingerprint density at radius 1 is 1.19 bits per heavy atom. The summed E-state index contributed by atoms with van der Waals surface area (Å²) in [6.07, 6.45) is 7.23. The molecule has 4 rings (SSSR count). The first-order valence-electron chi connectivity index (χ1n) is 11.1. The van der Waals surface area contributed by atoms with Crippen molar-refractivity contribution in [3.63, 3.8) is 0 Å². The first-order chi connectivity index (χ1) is 15.2. The Morgan fingerprint density at radius 2 is 2.03 bits per heavy atom. The van der Waals surface area contributed by atoms with Gasteiger partial charge in [0.1, 0.15) is 5.75 Å². The minimum Gasteiger partial charge on any atom is -0.494 e. The lowest BCUT2D eigenvalue weighted by atomic mass is 10.1. The van der Waals surface area contributed by atoms with Crippen LogP contribution in [0.2, 0.25) is 0 Å². The van der Waals surface area contributed by atoms with E-state index in [1.54, 1.807) is 0 Å². The number of carbonyl (C=O) groups is 1. The molecule has 2 aromatic heterocycles. The van der Waals surface area contributed by atoms with E-state index in [0.29, 0.717) is 31.2 Å². The van der Waals surface area contributed by atoms with Crippen molar-refractivity contribution in [3.8, 4) is 17.1 Å². The number of likely N-dealkylation sites (tertiary alicyclic amines) is 1. The Balaban J connectivity index is 1.40. The van der Waals surface area contributed by atoms with Crippen molar-refractivity contribution in [1.82, 2.24) is 19.6 Å². The van der Waals surface area contributed by atoms with Gasteiger partial charge in [0.05, 0.1) is 12.6 Å². The number of carbonyl (C=O) groups excluding carboxylic acids is 1. The van der Waals surface area contributed by atoms with Crippen LogP contribution in [0.4, 0.5) is 0 Å². The van der Waals surface area contributed by atoms with E-state index < -0.39 is 0 Å². The predicted molar refractivity (Wildman–Crippen MR) is 118 cm³/mol. The summed E-state index contributed by atoms with van der Waals surface area (Å²) >= 11 is 0. The first-order valence-corrected chi connectivity index (χ1v) is 11.1. The highest BCUT2D eigenvalue weighted by atomic mass is 16.5. The maximum Gasteiger partial charge on any atom is 0.227 e. The van der Waals surface area contributed by atoms with Crippen molar-refractivity contribution in [2.24, 2.45) is 7.05 Å². The molecule has 0 saturated carbocycles. The van der Waals surface area contributed by atoms with Gasteiger partial charge in [0.15, 0.2) is 0 Å². The molecule has 7 heteroatoms. The fourth-order valence-corrected chi connectivity index (χ4v) is 4.23. The third-order valence-electron chi connectivity index (χ3n) is 5.84. The molecule has 0 N–H and O–H groups in total. The lowest BCUT2D eigenvalue weighted by Gasteiger charge is -2.30. The summed E-state index contributed by atoms with van der Waals surface area (Å²) in [4.78, 5) is 19.7. The molecule has 1 fully saturated rings. The molecule has 0 unspecified atom stereocenters. The van der Waals surface area contributed by atoms with Crippen LogP contribution < -0.4 is 4.74 Å². The molecule has 164 valence electrons. The number of aromatic nitrogens is 3. The molecule has 0 bridgehead atoms. The number of rotatable bonds is 7. The molecule has 0 aliphatic carbocycles. The zero-order valence-corrected chi connectivity index (χ0v) is 18.3. The normalized spacial score (nSPS) is 16.8. The lowest BCUT2D eigenvalue weighted by molar-refractivity contribution is -0.133. The first kappa shape index (κ1) is 21.2. The number of amides is 1. The third-order valence-corrected chi connectivity index (χ3v) is 5.84. The summed E-state index contributed by atoms with van der Waals surface area (Å²) in [7, 11) is 2.05. The molecule has 1 atom stereocenters. The molecule has 1 aliphatic rings. The second kappa shape index (κ2) is 9.81. The van der Waals surface area contributed by atoms with E-state index in [9.17, 15) is 4.79 Å². The number of aryl methyl sites for hydroxylation is 2. The number of benzene rings is 1. The van der Waals surface area contributed by atoms with Gasteiger partial charge in [0.2, 0.25) is 17.6 Å². The zero-order chi connectivity index (χ0) is 21.6. The molecule has 3 heterocycles. The highest BCUT2D eigenvalue weighted by Crippen LogP contribution is 2.31. The van der Waals surface area contributed by atoms with Gasteiger partial charge >= 0.3 is 0 Å². The van der Waals surface area contributed by atoms with Crippen LogP contribution >= 0.6 is 0 Å². The third kappa shape index (κ3) is 4.98. The fourth-order valence-electron chi connectivity index (χ4n) is 4.23. The molecule has 1 aliphatic heterocycles. The standard InChI is InChI=1S/C24H30N4O3/c1-3-30-19-12-10-18(11-13-19)24-25-22(31-26-24)14-15-23(29)28-17-6-4-5-8-21(28)20-9-7-16-27(20)2/h7,9-13,16,21H,3-6,8,14-15,17H2,1-2H3/t21-/m1/s1. The molecule has 31 heavy (non-hydrogen) atoms. The van der Waals surface area contributed by atoms with Crippen LogP contribution in [0.15, 0.2) is 47.1 Å². The molecular formula is C24H30N4O3. The van der Waals surface area contributed by atoms with E-state index in [0.717, 1.165) is 37.1 Å². The van der Waals surface area contributed by atoms with E-state index >= 15 is 0 Å². The molecule has 1 aromatic carbocycles. The van der Waals surface area contributed by atoms with Crippen LogP contribution in [-0.4, -0.2) is 38.7 Å². The Labute approximate surface area is 183 Å². The minimum atomic E-state index is 0.136. The van der Waals surface area contributed by atoms with Crippen LogP contribution in [-0.2, 0) is 18.3 Å². The molecule has 1 saturated heterocycles. The smallest absolute Gasteiger partial charge is 0.227 e. The quantitative estimate of drug-likeness (QED) is 0.558. The highest BCUT2D eigenvalue weighted by molar-refractivity contribution is 5.77. The van der Waals surface area contributed by atoms with Gasteiger partial charge in [-0.1, -0.05) is 18.0 Å². The maximum atomic E-state index is 13.1. The van der Waals surface area contributed by atoms with Gasteiger partial charge < -0.3 is 18.7 Å². The van der Waals surface area contributed by atoms with Crippen molar-refractivity contribution >= 4 is 5.91 Å². The number of hydrogen-bond donors (Lipinski definition) is 0. The Hall–Kier alpha value is -3.09. The molecule has 3 aromatic rings. The Morgan fingerprint density at radius 3 is 2.77 bits per heavy atom. The van der Waals surface area contributed by atoms with Gasteiger partial charge in [-0.3, -0.25) is 4.79 Å². The Kier molecular flexibility index (Phi) is 6.70. The minimum absolute atomic E-state index is 0.136. The second-order valence-electron chi connectivity index (χ2n) is 7.97. The largest absolute Gasteiger partial charge is 0.494 e. The average molecular weight is 423 g/mol. The van der Waals surface area contributed by atoms with Crippen molar-refractivity contribution in [1.29, 1.82) is 0 Å². The van der Waals surface area contributed by atoms with Crippen LogP contribution in [0.3, 0.4) is 0 Å². The molecule has 0 radical (unpaired) electrons. The summed E-state index contributed by atoms with van der Waals surface area (Å²) in [6, 6.07) is 11.9. The van der Waals surface area contributed by atoms with E-state index in [1.807, 2.05) is 55.4 Å². The summed E-state index contributed by atoms with van der Waals surface area (Å²) in [6.45, 7) is 3.38. The van der Waals surface area contributed by atoms with Crippen molar-refractivity contribution < 1.29 is 14.1 Å². The second-order valence-corrected chi connectivity index (χ2v) is 7.97. The van der Waals surface area contributed by atoms with Crippen LogP contribution in [0, 0.1) is 0 Å².